The summed E-state index contributed by atoms with van der Waals surface area (Å²) in [7, 11) is 0. The van der Waals surface area contributed by atoms with Gasteiger partial charge >= 0.3 is 0 Å². The van der Waals surface area contributed by atoms with E-state index in [0.717, 1.165) is 0 Å². The quantitative estimate of drug-likeness (QED) is 0.641. The van der Waals surface area contributed by atoms with E-state index in [1.165, 1.54) is 18.0 Å². The van der Waals surface area contributed by atoms with E-state index in [1.54, 1.807) is 25.1 Å². The van der Waals surface area contributed by atoms with Crippen LogP contribution in [0.2, 0.25) is 10.0 Å². The maximum Gasteiger partial charge on any atom is 0.240 e. The molecule has 1 aromatic rings. The van der Waals surface area contributed by atoms with Gasteiger partial charge in [-0.2, -0.15) is 5.10 Å². The highest BCUT2D eigenvalue weighted by molar-refractivity contribution is 8.15. The van der Waals surface area contributed by atoms with Gasteiger partial charge in [-0.3, -0.25) is 9.59 Å². The fourth-order valence-electron chi connectivity index (χ4n) is 1.65. The molecule has 1 heterocycles. The first-order valence-electron chi connectivity index (χ1n) is 6.27. The molecule has 0 aliphatic carbocycles. The van der Waals surface area contributed by atoms with E-state index in [0.29, 0.717) is 20.9 Å². The number of benzene rings is 1. The summed E-state index contributed by atoms with van der Waals surface area (Å²) in [5.41, 5.74) is 0.521. The summed E-state index contributed by atoms with van der Waals surface area (Å²) in [6.07, 6.45) is 1.52. The van der Waals surface area contributed by atoms with E-state index in [4.69, 9.17) is 23.2 Å². The SMILES string of the molecule is C/C=N\N=C1/NC(=O)[C@@H](CC(=O)Nc2ccc(Cl)c(Cl)c2)S1. The zero-order chi connectivity index (χ0) is 16.1. The van der Waals surface area contributed by atoms with Crippen molar-refractivity contribution in [2.75, 3.05) is 5.32 Å². The number of amides is 2. The van der Waals surface area contributed by atoms with Crippen molar-refractivity contribution in [3.05, 3.63) is 28.2 Å². The molecule has 1 aliphatic heterocycles. The molecule has 1 fully saturated rings. The Hall–Kier alpha value is -1.57. The van der Waals surface area contributed by atoms with E-state index in [-0.39, 0.29) is 18.2 Å². The fraction of sp³-hybridized carbons (Fsp3) is 0.231. The topological polar surface area (TPSA) is 82.9 Å². The van der Waals surface area contributed by atoms with Gasteiger partial charge in [-0.05, 0) is 25.1 Å². The molecule has 2 N–H and O–H groups in total. The van der Waals surface area contributed by atoms with Crippen LogP contribution in [-0.4, -0.2) is 28.4 Å². The second kappa shape index (κ2) is 7.62. The van der Waals surface area contributed by atoms with Gasteiger partial charge in [0.15, 0.2) is 5.17 Å². The summed E-state index contributed by atoms with van der Waals surface area (Å²) in [6.45, 7) is 1.72. The molecule has 0 bridgehead atoms. The summed E-state index contributed by atoms with van der Waals surface area (Å²) < 4.78 is 0. The monoisotopic (exact) mass is 358 g/mol. The molecular formula is C13H12Cl2N4O2S. The zero-order valence-corrected chi connectivity index (χ0v) is 13.8. The van der Waals surface area contributed by atoms with Crippen molar-refractivity contribution >= 4 is 63.8 Å². The predicted octanol–water partition coefficient (Wildman–Crippen LogP) is 2.92. The molecule has 116 valence electrons. The molecule has 1 aliphatic rings. The molecule has 1 saturated heterocycles. The molecular weight excluding hydrogens is 347 g/mol. The minimum absolute atomic E-state index is 0.0194. The minimum Gasteiger partial charge on any atom is -0.326 e. The van der Waals surface area contributed by atoms with Gasteiger partial charge in [0.1, 0.15) is 5.25 Å². The highest BCUT2D eigenvalue weighted by atomic mass is 35.5. The number of nitrogens with zero attached hydrogens (tertiary/aromatic N) is 2. The lowest BCUT2D eigenvalue weighted by molar-refractivity contribution is -0.122. The van der Waals surface area contributed by atoms with Gasteiger partial charge in [-0.25, -0.2) is 0 Å². The third-order valence-corrected chi connectivity index (χ3v) is 4.43. The van der Waals surface area contributed by atoms with Crippen LogP contribution in [0, 0.1) is 0 Å². The van der Waals surface area contributed by atoms with Crippen molar-refractivity contribution < 1.29 is 9.59 Å². The van der Waals surface area contributed by atoms with E-state index < -0.39 is 5.25 Å². The lowest BCUT2D eigenvalue weighted by atomic mass is 10.2. The molecule has 6 nitrogen and oxygen atoms in total. The highest BCUT2D eigenvalue weighted by Crippen LogP contribution is 2.26. The van der Waals surface area contributed by atoms with Crippen molar-refractivity contribution in [2.24, 2.45) is 10.2 Å². The highest BCUT2D eigenvalue weighted by Gasteiger charge is 2.32. The number of hydrogen-bond donors (Lipinski definition) is 2. The van der Waals surface area contributed by atoms with Crippen LogP contribution in [0.15, 0.2) is 28.4 Å². The molecule has 1 atom stereocenters. The molecule has 2 rings (SSSR count). The Kier molecular flexibility index (Phi) is 5.82. The van der Waals surface area contributed by atoms with Crippen LogP contribution < -0.4 is 10.6 Å². The van der Waals surface area contributed by atoms with Crippen LogP contribution in [0.1, 0.15) is 13.3 Å². The van der Waals surface area contributed by atoms with E-state index in [1.807, 2.05) is 0 Å². The predicted molar refractivity (Wildman–Crippen MR) is 90.8 cm³/mol. The van der Waals surface area contributed by atoms with Gasteiger partial charge in [0.25, 0.3) is 0 Å². The summed E-state index contributed by atoms with van der Waals surface area (Å²) in [6, 6.07) is 4.77. The van der Waals surface area contributed by atoms with Crippen LogP contribution in [0.25, 0.3) is 0 Å². The molecule has 1 aromatic carbocycles. The lowest BCUT2D eigenvalue weighted by Gasteiger charge is -2.08. The van der Waals surface area contributed by atoms with Crippen molar-refractivity contribution in [3.63, 3.8) is 0 Å². The Labute approximate surface area is 141 Å². The first-order valence-corrected chi connectivity index (χ1v) is 7.91. The van der Waals surface area contributed by atoms with Crippen molar-refractivity contribution in [2.45, 2.75) is 18.6 Å². The minimum atomic E-state index is -0.534. The maximum atomic E-state index is 12.0. The first-order chi connectivity index (χ1) is 10.5. The smallest absolute Gasteiger partial charge is 0.240 e. The lowest BCUT2D eigenvalue weighted by Crippen LogP contribution is -2.28. The van der Waals surface area contributed by atoms with Gasteiger partial charge in [-0.1, -0.05) is 35.0 Å². The van der Waals surface area contributed by atoms with Crippen molar-refractivity contribution in [1.29, 1.82) is 0 Å². The Morgan fingerprint density at radius 2 is 2.23 bits per heavy atom. The standard InChI is InChI=1S/C13H12Cl2N4O2S/c1-2-16-19-13-18-12(21)10(22-13)6-11(20)17-7-3-4-8(14)9(15)5-7/h2-5,10H,6H2,1H3,(H,17,20)(H,18,19,21)/b16-2-/t10-/m1/s1. The Bertz CT molecular complexity index is 663. The van der Waals surface area contributed by atoms with E-state index in [9.17, 15) is 9.59 Å². The first kappa shape index (κ1) is 16.8. The van der Waals surface area contributed by atoms with Crippen LogP contribution in [0.3, 0.4) is 0 Å². The number of anilines is 1. The normalized spacial score (nSPS) is 19.7. The van der Waals surface area contributed by atoms with Gasteiger partial charge in [0.05, 0.1) is 10.0 Å². The summed E-state index contributed by atoms with van der Waals surface area (Å²) in [5, 5.41) is 13.3. The molecule has 22 heavy (non-hydrogen) atoms. The molecule has 0 aromatic heterocycles. The number of nitrogens with one attached hydrogen (secondary N) is 2. The third-order valence-electron chi connectivity index (χ3n) is 2.61. The third kappa shape index (κ3) is 4.46. The number of rotatable bonds is 4. The Morgan fingerprint density at radius 1 is 1.45 bits per heavy atom. The van der Waals surface area contributed by atoms with Crippen LogP contribution in [0.5, 0.6) is 0 Å². The maximum absolute atomic E-state index is 12.0. The van der Waals surface area contributed by atoms with Crippen LogP contribution in [-0.2, 0) is 9.59 Å². The largest absolute Gasteiger partial charge is 0.326 e. The second-order valence-corrected chi connectivity index (χ2v) is 6.26. The van der Waals surface area contributed by atoms with E-state index >= 15 is 0 Å². The van der Waals surface area contributed by atoms with Gasteiger partial charge in [-0.15, -0.1) is 5.10 Å². The Morgan fingerprint density at radius 3 is 2.91 bits per heavy atom. The number of halogens is 2. The van der Waals surface area contributed by atoms with Gasteiger partial charge < -0.3 is 10.6 Å². The molecule has 0 spiro atoms. The van der Waals surface area contributed by atoms with Crippen molar-refractivity contribution in [1.82, 2.24) is 5.32 Å². The summed E-state index contributed by atoms with van der Waals surface area (Å²) in [5.74, 6) is -0.564. The average molecular weight is 359 g/mol. The number of carbonyl (C=O) groups is 2. The molecule has 9 heteroatoms. The average Bonchev–Trinajstić information content (AvgIpc) is 2.81. The summed E-state index contributed by atoms with van der Waals surface area (Å²) >= 11 is 12.9. The van der Waals surface area contributed by atoms with Crippen molar-refractivity contribution in [3.8, 4) is 0 Å². The van der Waals surface area contributed by atoms with Crippen LogP contribution >= 0.6 is 35.0 Å². The van der Waals surface area contributed by atoms with Gasteiger partial charge in [0, 0.05) is 18.3 Å². The van der Waals surface area contributed by atoms with E-state index in [2.05, 4.69) is 20.8 Å². The fourth-order valence-corrected chi connectivity index (χ4v) is 2.87. The molecule has 0 radical (unpaired) electrons. The number of amidine groups is 1. The Balaban J connectivity index is 1.94. The zero-order valence-electron chi connectivity index (χ0n) is 11.5. The summed E-state index contributed by atoms with van der Waals surface area (Å²) in [4.78, 5) is 23.7. The second-order valence-electron chi connectivity index (χ2n) is 4.26. The van der Waals surface area contributed by atoms with Gasteiger partial charge in [0.2, 0.25) is 11.8 Å². The number of hydrogen-bond acceptors (Lipinski definition) is 5. The van der Waals surface area contributed by atoms with Crippen LogP contribution in [0.4, 0.5) is 5.69 Å². The molecule has 0 saturated carbocycles. The molecule has 2 amide bonds. The molecule has 0 unspecified atom stereocenters. The number of carbonyl (C=O) groups excluding carboxylic acids is 2. The number of thioether (sulfide) groups is 1.